The number of benzene rings is 3. The number of carbonyl (C=O) groups excluding carboxylic acids is 1. The monoisotopic (exact) mass is 405 g/mol. The summed E-state index contributed by atoms with van der Waals surface area (Å²) in [5, 5.41) is 2.27. The third-order valence-corrected chi connectivity index (χ3v) is 7.03. The molecule has 2 aromatic heterocycles. The number of hydrogen-bond donors (Lipinski definition) is 2. The molecule has 1 unspecified atom stereocenters. The number of aryl methyl sites for hydroxylation is 2. The molecule has 2 N–H and O–H groups in total. The minimum atomic E-state index is -0.911. The molecule has 1 atom stereocenters. The number of H-pyrrole nitrogens is 2. The predicted molar refractivity (Wildman–Crippen MR) is 126 cm³/mol. The zero-order valence-corrected chi connectivity index (χ0v) is 17.8. The van der Waals surface area contributed by atoms with E-state index in [1.807, 2.05) is 43.6 Å². The van der Waals surface area contributed by atoms with Crippen LogP contribution in [0.1, 0.15) is 27.9 Å². The van der Waals surface area contributed by atoms with Crippen LogP contribution in [-0.4, -0.2) is 22.9 Å². The van der Waals surface area contributed by atoms with Gasteiger partial charge in [-0.05, 0) is 43.2 Å². The second-order valence-corrected chi connectivity index (χ2v) is 8.51. The number of para-hydroxylation sites is 2. The summed E-state index contributed by atoms with van der Waals surface area (Å²) in [6.07, 6.45) is 2.01. The lowest BCUT2D eigenvalue weighted by atomic mass is 9.70. The number of aromatic amines is 2. The van der Waals surface area contributed by atoms with Gasteiger partial charge < -0.3 is 14.9 Å². The molecule has 6 rings (SSSR count). The molecule has 0 saturated heterocycles. The molecule has 4 nitrogen and oxygen atoms in total. The van der Waals surface area contributed by atoms with E-state index >= 15 is 0 Å². The molecular weight excluding hydrogens is 382 g/mol. The Labute approximate surface area is 180 Å². The number of rotatable bonds is 2. The number of fused-ring (bicyclic) bond motifs is 3. The fourth-order valence-electron chi connectivity index (χ4n) is 5.34. The van der Waals surface area contributed by atoms with E-state index in [0.717, 1.165) is 44.5 Å². The zero-order chi connectivity index (χ0) is 21.3. The summed E-state index contributed by atoms with van der Waals surface area (Å²) in [5.41, 5.74) is 7.53. The van der Waals surface area contributed by atoms with Crippen LogP contribution in [0.2, 0.25) is 0 Å². The number of nitrogens with one attached hydrogen (secondary N) is 2. The van der Waals surface area contributed by atoms with Crippen molar-refractivity contribution in [1.82, 2.24) is 9.97 Å². The van der Waals surface area contributed by atoms with Gasteiger partial charge >= 0.3 is 0 Å². The Bertz CT molecular complexity index is 1510. The molecule has 1 aliphatic rings. The molecule has 0 aliphatic carbocycles. The van der Waals surface area contributed by atoms with Gasteiger partial charge in [0.1, 0.15) is 5.41 Å². The first-order valence-electron chi connectivity index (χ1n) is 10.6. The number of nitrogens with zero attached hydrogens (tertiary/aromatic N) is 1. The summed E-state index contributed by atoms with van der Waals surface area (Å²) >= 11 is 0. The lowest BCUT2D eigenvalue weighted by Crippen LogP contribution is -2.40. The average molecular weight is 406 g/mol. The molecule has 0 radical (unpaired) electrons. The van der Waals surface area contributed by atoms with Gasteiger partial charge in [-0.2, -0.15) is 0 Å². The molecular formula is C27H23N3O. The first-order valence-corrected chi connectivity index (χ1v) is 10.6. The van der Waals surface area contributed by atoms with Crippen molar-refractivity contribution in [3.05, 3.63) is 101 Å². The first-order chi connectivity index (χ1) is 15.0. The van der Waals surface area contributed by atoms with Crippen molar-refractivity contribution < 1.29 is 4.79 Å². The molecule has 152 valence electrons. The Morgan fingerprint density at radius 3 is 2.48 bits per heavy atom. The van der Waals surface area contributed by atoms with Crippen LogP contribution in [0.4, 0.5) is 5.69 Å². The molecule has 31 heavy (non-hydrogen) atoms. The molecule has 5 aromatic rings. The SMILES string of the molecule is Cc1[nH]c2cc(C3(c4c[nH]c5ccccc45)C(=O)N(C)c4ccccc43)ccc2c1C. The Morgan fingerprint density at radius 2 is 1.61 bits per heavy atom. The summed E-state index contributed by atoms with van der Waals surface area (Å²) in [7, 11) is 1.87. The third-order valence-electron chi connectivity index (χ3n) is 7.03. The van der Waals surface area contributed by atoms with Crippen molar-refractivity contribution in [1.29, 1.82) is 0 Å². The van der Waals surface area contributed by atoms with E-state index in [0.29, 0.717) is 0 Å². The standard InChI is InChI=1S/C27H23N3O/c1-16-17(2)29-24-14-18(12-13-19(16)24)27(22-15-28-23-10-6-4-8-20(22)23)21-9-5-7-11-25(21)30(3)26(27)31/h4-15,28-29H,1-3H3. The molecule has 4 heteroatoms. The Balaban J connectivity index is 1.76. The van der Waals surface area contributed by atoms with Gasteiger partial charge in [-0.25, -0.2) is 0 Å². The molecule has 3 aromatic carbocycles. The first kappa shape index (κ1) is 18.0. The van der Waals surface area contributed by atoms with E-state index in [9.17, 15) is 4.79 Å². The molecule has 0 bridgehead atoms. The maximum absolute atomic E-state index is 14.1. The summed E-state index contributed by atoms with van der Waals surface area (Å²) in [5.74, 6) is 0.0674. The summed E-state index contributed by atoms with van der Waals surface area (Å²) in [6.45, 7) is 4.22. The molecule has 0 saturated carbocycles. The van der Waals surface area contributed by atoms with Crippen LogP contribution in [-0.2, 0) is 10.2 Å². The molecule has 0 spiro atoms. The van der Waals surface area contributed by atoms with E-state index in [1.165, 1.54) is 10.9 Å². The van der Waals surface area contributed by atoms with Gasteiger partial charge in [0.15, 0.2) is 0 Å². The van der Waals surface area contributed by atoms with E-state index in [2.05, 4.69) is 60.2 Å². The van der Waals surface area contributed by atoms with E-state index in [-0.39, 0.29) is 5.91 Å². The predicted octanol–water partition coefficient (Wildman–Crippen LogP) is 5.58. The second kappa shape index (κ2) is 6.11. The molecule has 0 fully saturated rings. The van der Waals surface area contributed by atoms with Crippen LogP contribution >= 0.6 is 0 Å². The van der Waals surface area contributed by atoms with Crippen LogP contribution in [0, 0.1) is 13.8 Å². The molecule has 1 aliphatic heterocycles. The minimum Gasteiger partial charge on any atom is -0.361 e. The highest BCUT2D eigenvalue weighted by molar-refractivity contribution is 6.15. The highest BCUT2D eigenvalue weighted by atomic mass is 16.2. The average Bonchev–Trinajstić information content (AvgIpc) is 3.41. The largest absolute Gasteiger partial charge is 0.361 e. The number of carbonyl (C=O) groups is 1. The van der Waals surface area contributed by atoms with Crippen molar-refractivity contribution >= 4 is 33.4 Å². The molecule has 1 amide bonds. The highest BCUT2D eigenvalue weighted by Gasteiger charge is 2.53. The molecule has 3 heterocycles. The van der Waals surface area contributed by atoms with E-state index in [1.54, 1.807) is 4.90 Å². The van der Waals surface area contributed by atoms with Crippen LogP contribution in [0.5, 0.6) is 0 Å². The van der Waals surface area contributed by atoms with Gasteiger partial charge in [0.25, 0.3) is 0 Å². The van der Waals surface area contributed by atoms with Gasteiger partial charge in [0.2, 0.25) is 5.91 Å². The minimum absolute atomic E-state index is 0.0674. The van der Waals surface area contributed by atoms with Crippen LogP contribution in [0.15, 0.2) is 72.9 Å². The van der Waals surface area contributed by atoms with Gasteiger partial charge in [-0.3, -0.25) is 4.79 Å². The maximum Gasteiger partial charge on any atom is 0.246 e. The van der Waals surface area contributed by atoms with Gasteiger partial charge in [0.05, 0.1) is 0 Å². The van der Waals surface area contributed by atoms with E-state index in [4.69, 9.17) is 0 Å². The summed E-state index contributed by atoms with van der Waals surface area (Å²) < 4.78 is 0. The summed E-state index contributed by atoms with van der Waals surface area (Å²) in [6, 6.07) is 22.8. The van der Waals surface area contributed by atoms with Crippen molar-refractivity contribution in [3.8, 4) is 0 Å². The number of amides is 1. The number of hydrogen-bond acceptors (Lipinski definition) is 1. The van der Waals surface area contributed by atoms with E-state index < -0.39 is 5.41 Å². The van der Waals surface area contributed by atoms with Crippen molar-refractivity contribution in [2.75, 3.05) is 11.9 Å². The summed E-state index contributed by atoms with van der Waals surface area (Å²) in [4.78, 5) is 22.8. The van der Waals surface area contributed by atoms with Crippen LogP contribution < -0.4 is 4.90 Å². The van der Waals surface area contributed by atoms with Gasteiger partial charge in [-0.1, -0.05) is 48.5 Å². The third kappa shape index (κ3) is 2.17. The number of aromatic nitrogens is 2. The highest BCUT2D eigenvalue weighted by Crippen LogP contribution is 2.51. The Kier molecular flexibility index (Phi) is 3.55. The van der Waals surface area contributed by atoms with Gasteiger partial charge in [0, 0.05) is 57.6 Å². The van der Waals surface area contributed by atoms with Crippen molar-refractivity contribution in [3.63, 3.8) is 0 Å². The second-order valence-electron chi connectivity index (χ2n) is 8.51. The van der Waals surface area contributed by atoms with Crippen LogP contribution in [0.3, 0.4) is 0 Å². The lowest BCUT2D eigenvalue weighted by molar-refractivity contribution is -0.120. The van der Waals surface area contributed by atoms with Crippen LogP contribution in [0.25, 0.3) is 21.8 Å². The van der Waals surface area contributed by atoms with Crippen molar-refractivity contribution in [2.45, 2.75) is 19.3 Å². The number of anilines is 1. The number of likely N-dealkylation sites (N-methyl/N-ethyl adjacent to an activating group) is 1. The fourth-order valence-corrected chi connectivity index (χ4v) is 5.34. The quantitative estimate of drug-likeness (QED) is 0.396. The Hall–Kier alpha value is -3.79. The smallest absolute Gasteiger partial charge is 0.246 e. The maximum atomic E-state index is 14.1. The Morgan fingerprint density at radius 1 is 0.839 bits per heavy atom. The fraction of sp³-hybridized carbons (Fsp3) is 0.148. The lowest BCUT2D eigenvalue weighted by Gasteiger charge is -2.29. The normalized spacial score (nSPS) is 18.3. The van der Waals surface area contributed by atoms with Gasteiger partial charge in [-0.15, -0.1) is 0 Å². The topological polar surface area (TPSA) is 51.9 Å². The zero-order valence-electron chi connectivity index (χ0n) is 17.8. The van der Waals surface area contributed by atoms with Crippen molar-refractivity contribution in [2.24, 2.45) is 0 Å².